The van der Waals surface area contributed by atoms with E-state index in [0.29, 0.717) is 22.7 Å². The van der Waals surface area contributed by atoms with Gasteiger partial charge >= 0.3 is 0 Å². The molecule has 6 nitrogen and oxygen atoms in total. The lowest BCUT2D eigenvalue weighted by Gasteiger charge is -2.11. The third-order valence-electron chi connectivity index (χ3n) is 2.90. The quantitative estimate of drug-likeness (QED) is 0.728. The second-order valence-corrected chi connectivity index (χ2v) is 6.05. The molecule has 0 aliphatic rings. The van der Waals surface area contributed by atoms with Crippen LogP contribution in [-0.2, 0) is 16.6 Å². The molecule has 0 saturated carbocycles. The molecule has 0 unspecified atom stereocenters. The summed E-state index contributed by atoms with van der Waals surface area (Å²) in [7, 11) is -2.31. The lowest BCUT2D eigenvalue weighted by molar-refractivity contribution is 0.282. The minimum Gasteiger partial charge on any atom is -0.495 e. The highest BCUT2D eigenvalue weighted by molar-refractivity contribution is 7.92. The minimum absolute atomic E-state index is 0.0554. The van der Waals surface area contributed by atoms with Gasteiger partial charge in [-0.3, -0.25) is 4.72 Å². The van der Waals surface area contributed by atoms with Gasteiger partial charge in [0.25, 0.3) is 10.0 Å². The van der Waals surface area contributed by atoms with Crippen molar-refractivity contribution in [3.63, 3.8) is 0 Å². The predicted octanol–water partition coefficient (Wildman–Crippen LogP) is 1.57. The van der Waals surface area contributed by atoms with Crippen molar-refractivity contribution in [2.75, 3.05) is 17.6 Å². The standard InChI is InChI=1S/C14H16N2O4S/c1-20-14-8-12(6-7-13(14)15)21(18,19)16-11-4-2-10(9-17)3-5-11/h2-8,16-17H,9,15H2,1H3. The van der Waals surface area contributed by atoms with E-state index in [2.05, 4.69) is 4.72 Å². The Morgan fingerprint density at radius 2 is 1.86 bits per heavy atom. The van der Waals surface area contributed by atoms with Crippen LogP contribution in [0.1, 0.15) is 5.56 Å². The Kier molecular flexibility index (Phi) is 4.35. The molecule has 0 spiro atoms. The Morgan fingerprint density at radius 3 is 2.43 bits per heavy atom. The van der Waals surface area contributed by atoms with Crippen LogP contribution in [-0.4, -0.2) is 20.6 Å². The average Bonchev–Trinajstić information content (AvgIpc) is 2.48. The molecule has 0 bridgehead atoms. The first-order valence-corrected chi connectivity index (χ1v) is 7.60. The molecule has 2 aromatic rings. The number of nitrogens with two attached hydrogens (primary N) is 1. The highest BCUT2D eigenvalue weighted by Gasteiger charge is 2.16. The highest BCUT2D eigenvalue weighted by Crippen LogP contribution is 2.26. The van der Waals surface area contributed by atoms with Gasteiger partial charge in [0.15, 0.2) is 0 Å². The van der Waals surface area contributed by atoms with Crippen molar-refractivity contribution in [2.24, 2.45) is 0 Å². The Hall–Kier alpha value is -2.25. The SMILES string of the molecule is COc1cc(S(=O)(=O)Nc2ccc(CO)cc2)ccc1N. The summed E-state index contributed by atoms with van der Waals surface area (Å²) < 4.78 is 32.0. The summed E-state index contributed by atoms with van der Waals surface area (Å²) in [5.74, 6) is 0.300. The topological polar surface area (TPSA) is 102 Å². The third kappa shape index (κ3) is 3.45. The van der Waals surface area contributed by atoms with E-state index in [1.165, 1.54) is 25.3 Å². The summed E-state index contributed by atoms with van der Waals surface area (Å²) in [6.07, 6.45) is 0. The van der Waals surface area contributed by atoms with Gasteiger partial charge < -0.3 is 15.6 Å². The van der Waals surface area contributed by atoms with Gasteiger partial charge in [0.05, 0.1) is 24.3 Å². The zero-order valence-electron chi connectivity index (χ0n) is 11.4. The maximum Gasteiger partial charge on any atom is 0.262 e. The van der Waals surface area contributed by atoms with Crippen LogP contribution in [0.2, 0.25) is 0 Å². The number of nitrogens with one attached hydrogen (secondary N) is 1. The fourth-order valence-electron chi connectivity index (χ4n) is 1.75. The Bertz CT molecular complexity index is 727. The van der Waals surface area contributed by atoms with E-state index in [9.17, 15) is 8.42 Å². The molecule has 0 fully saturated rings. The molecule has 0 aliphatic heterocycles. The first kappa shape index (κ1) is 15.1. The van der Waals surface area contributed by atoms with Crippen molar-refractivity contribution in [1.82, 2.24) is 0 Å². The molecule has 4 N–H and O–H groups in total. The van der Waals surface area contributed by atoms with Crippen molar-refractivity contribution in [2.45, 2.75) is 11.5 Å². The molecule has 0 radical (unpaired) electrons. The molecule has 0 heterocycles. The van der Waals surface area contributed by atoms with Gasteiger partial charge in [-0.15, -0.1) is 0 Å². The van der Waals surface area contributed by atoms with Crippen LogP contribution in [0.15, 0.2) is 47.4 Å². The molecule has 0 atom stereocenters. The van der Waals surface area contributed by atoms with Crippen LogP contribution in [0, 0.1) is 0 Å². The van der Waals surface area contributed by atoms with E-state index in [1.54, 1.807) is 24.3 Å². The molecule has 0 saturated heterocycles. The van der Waals surface area contributed by atoms with Crippen molar-refractivity contribution in [3.8, 4) is 5.75 Å². The lowest BCUT2D eigenvalue weighted by atomic mass is 10.2. The fourth-order valence-corrected chi connectivity index (χ4v) is 2.82. The van der Waals surface area contributed by atoms with E-state index >= 15 is 0 Å². The Labute approximate surface area is 123 Å². The van der Waals surface area contributed by atoms with E-state index in [0.717, 1.165) is 0 Å². The summed E-state index contributed by atoms with van der Waals surface area (Å²) >= 11 is 0. The Balaban J connectivity index is 2.29. The van der Waals surface area contributed by atoms with Crippen LogP contribution >= 0.6 is 0 Å². The number of anilines is 2. The van der Waals surface area contributed by atoms with Gasteiger partial charge in [-0.2, -0.15) is 0 Å². The van der Waals surface area contributed by atoms with E-state index in [1.807, 2.05) is 0 Å². The second-order valence-electron chi connectivity index (χ2n) is 4.36. The van der Waals surface area contributed by atoms with Crippen molar-refractivity contribution >= 4 is 21.4 Å². The number of sulfonamides is 1. The predicted molar refractivity (Wildman–Crippen MR) is 80.6 cm³/mol. The van der Waals surface area contributed by atoms with Crippen molar-refractivity contribution < 1.29 is 18.3 Å². The first-order valence-electron chi connectivity index (χ1n) is 6.12. The molecule has 7 heteroatoms. The van der Waals surface area contributed by atoms with Crippen LogP contribution in [0.25, 0.3) is 0 Å². The van der Waals surface area contributed by atoms with E-state index < -0.39 is 10.0 Å². The van der Waals surface area contributed by atoms with Gasteiger partial charge in [-0.1, -0.05) is 12.1 Å². The molecular weight excluding hydrogens is 292 g/mol. The van der Waals surface area contributed by atoms with Gasteiger partial charge in [0, 0.05) is 11.8 Å². The van der Waals surface area contributed by atoms with Gasteiger partial charge in [0.2, 0.25) is 0 Å². The van der Waals surface area contributed by atoms with Gasteiger partial charge in [-0.25, -0.2) is 8.42 Å². The van der Waals surface area contributed by atoms with Gasteiger partial charge in [-0.05, 0) is 29.8 Å². The van der Waals surface area contributed by atoms with Crippen LogP contribution < -0.4 is 15.2 Å². The largest absolute Gasteiger partial charge is 0.495 e. The number of hydrogen-bond donors (Lipinski definition) is 3. The van der Waals surface area contributed by atoms with Crippen LogP contribution in [0.4, 0.5) is 11.4 Å². The Morgan fingerprint density at radius 1 is 1.19 bits per heavy atom. The number of aliphatic hydroxyl groups is 1. The fraction of sp³-hybridized carbons (Fsp3) is 0.143. The molecule has 2 rings (SSSR count). The zero-order valence-corrected chi connectivity index (χ0v) is 12.2. The van der Waals surface area contributed by atoms with Crippen LogP contribution in [0.5, 0.6) is 5.75 Å². The molecule has 21 heavy (non-hydrogen) atoms. The number of hydrogen-bond acceptors (Lipinski definition) is 5. The van der Waals surface area contributed by atoms with E-state index in [4.69, 9.17) is 15.6 Å². The molecule has 0 amide bonds. The van der Waals surface area contributed by atoms with Crippen molar-refractivity contribution in [3.05, 3.63) is 48.0 Å². The summed E-state index contributed by atoms with van der Waals surface area (Å²) in [6, 6.07) is 10.7. The summed E-state index contributed by atoms with van der Waals surface area (Å²) in [5, 5.41) is 8.96. The third-order valence-corrected chi connectivity index (χ3v) is 4.28. The maximum atomic E-state index is 12.3. The monoisotopic (exact) mass is 308 g/mol. The molecule has 2 aromatic carbocycles. The maximum absolute atomic E-state index is 12.3. The number of rotatable bonds is 5. The highest BCUT2D eigenvalue weighted by atomic mass is 32.2. The first-order chi connectivity index (χ1) is 9.96. The lowest BCUT2D eigenvalue weighted by Crippen LogP contribution is -2.13. The van der Waals surface area contributed by atoms with Crippen molar-refractivity contribution in [1.29, 1.82) is 0 Å². The van der Waals surface area contributed by atoms with Crippen LogP contribution in [0.3, 0.4) is 0 Å². The zero-order chi connectivity index (χ0) is 15.5. The van der Waals surface area contributed by atoms with E-state index in [-0.39, 0.29) is 11.5 Å². The number of aliphatic hydroxyl groups excluding tert-OH is 1. The molecule has 0 aromatic heterocycles. The molecule has 112 valence electrons. The number of benzene rings is 2. The summed E-state index contributed by atoms with van der Waals surface area (Å²) in [6.45, 7) is -0.0950. The number of methoxy groups -OCH3 is 1. The molecular formula is C14H16N2O4S. The minimum atomic E-state index is -3.73. The average molecular weight is 308 g/mol. The summed E-state index contributed by atoms with van der Waals surface area (Å²) in [4.78, 5) is 0.0554. The number of ether oxygens (including phenoxy) is 1. The number of nitrogen functional groups attached to an aromatic ring is 1. The normalized spacial score (nSPS) is 11.1. The van der Waals surface area contributed by atoms with Gasteiger partial charge in [0.1, 0.15) is 5.75 Å². The molecule has 0 aliphatic carbocycles. The summed E-state index contributed by atoms with van der Waals surface area (Å²) in [5.41, 5.74) is 7.14. The second kappa shape index (κ2) is 6.02. The smallest absolute Gasteiger partial charge is 0.262 e.